The first kappa shape index (κ1) is 16.7. The summed E-state index contributed by atoms with van der Waals surface area (Å²) in [5, 5.41) is 13.0. The van der Waals surface area contributed by atoms with Gasteiger partial charge in [0.15, 0.2) is 0 Å². The summed E-state index contributed by atoms with van der Waals surface area (Å²) in [6.07, 6.45) is 2.09. The molecule has 1 aliphatic rings. The second-order valence-electron chi connectivity index (χ2n) is 5.92. The van der Waals surface area contributed by atoms with Crippen LogP contribution in [0.1, 0.15) is 23.3 Å². The molecule has 3 N–H and O–H groups in total. The molecule has 2 heterocycles. The molecule has 26 heavy (non-hydrogen) atoms. The number of benzene rings is 1. The Balaban J connectivity index is 1.36. The maximum atomic E-state index is 12.3. The molecule has 2 aromatic heterocycles. The van der Waals surface area contributed by atoms with E-state index < -0.39 is 0 Å². The summed E-state index contributed by atoms with van der Waals surface area (Å²) in [4.78, 5) is 29.5. The third-order valence-electron chi connectivity index (χ3n) is 3.78. The number of thiophene rings is 1. The number of nitrogens with zero attached hydrogens (tertiary/aromatic N) is 1. The molecule has 0 saturated heterocycles. The van der Waals surface area contributed by atoms with Gasteiger partial charge in [0.1, 0.15) is 10.7 Å². The maximum Gasteiger partial charge on any atom is 0.319 e. The molecule has 1 aliphatic carbocycles. The fourth-order valence-corrected chi connectivity index (χ4v) is 3.92. The Kier molecular flexibility index (Phi) is 4.68. The molecule has 132 valence electrons. The van der Waals surface area contributed by atoms with Crippen LogP contribution in [0.25, 0.3) is 9.88 Å². The molecule has 4 rings (SSSR count). The number of nitrogens with one attached hydrogen (secondary N) is 3. The van der Waals surface area contributed by atoms with Gasteiger partial charge in [-0.2, -0.15) is 0 Å². The van der Waals surface area contributed by atoms with E-state index in [-0.39, 0.29) is 11.9 Å². The van der Waals surface area contributed by atoms with E-state index in [0.717, 1.165) is 22.7 Å². The molecule has 0 unspecified atom stereocenters. The SMILES string of the molecule is O=C(Nc1ccc(NC(=O)c2csc(-c3cccs3)n2)cc1)NC1CC1. The van der Waals surface area contributed by atoms with E-state index in [4.69, 9.17) is 0 Å². The second kappa shape index (κ2) is 7.27. The van der Waals surface area contributed by atoms with Crippen molar-refractivity contribution < 1.29 is 9.59 Å². The number of carbonyl (C=O) groups is 2. The zero-order chi connectivity index (χ0) is 17.9. The van der Waals surface area contributed by atoms with E-state index in [1.165, 1.54) is 11.3 Å². The molecular formula is C18H16N4O2S2. The number of hydrogen-bond acceptors (Lipinski definition) is 5. The summed E-state index contributed by atoms with van der Waals surface area (Å²) in [6.45, 7) is 0. The van der Waals surface area contributed by atoms with E-state index in [2.05, 4.69) is 20.9 Å². The van der Waals surface area contributed by atoms with Crippen LogP contribution in [-0.4, -0.2) is 23.0 Å². The predicted octanol–water partition coefficient (Wildman–Crippen LogP) is 4.41. The van der Waals surface area contributed by atoms with Gasteiger partial charge in [-0.15, -0.1) is 22.7 Å². The number of rotatable bonds is 5. The number of hydrogen-bond donors (Lipinski definition) is 3. The third kappa shape index (κ3) is 4.09. The van der Waals surface area contributed by atoms with Crippen molar-refractivity contribution in [3.05, 3.63) is 52.9 Å². The van der Waals surface area contributed by atoms with Crippen LogP contribution < -0.4 is 16.0 Å². The smallest absolute Gasteiger partial charge is 0.319 e. The van der Waals surface area contributed by atoms with Crippen molar-refractivity contribution >= 4 is 46.0 Å². The normalized spacial score (nSPS) is 13.2. The lowest BCUT2D eigenvalue weighted by Crippen LogP contribution is -2.30. The number of thiazole rings is 1. The summed E-state index contributed by atoms with van der Waals surface area (Å²) in [5.41, 5.74) is 1.72. The van der Waals surface area contributed by atoms with Crippen LogP contribution in [-0.2, 0) is 0 Å². The standard InChI is InChI=1S/C18H16N4O2S2/c23-16(14-10-26-17(22-14)15-2-1-9-25-15)19-11-3-5-12(6-4-11)20-18(24)21-13-7-8-13/h1-6,9-10,13H,7-8H2,(H,19,23)(H2,20,21,24). The van der Waals surface area contributed by atoms with Crippen LogP contribution >= 0.6 is 22.7 Å². The average molecular weight is 384 g/mol. The first-order chi connectivity index (χ1) is 12.7. The summed E-state index contributed by atoms with van der Waals surface area (Å²) >= 11 is 3.04. The number of anilines is 2. The second-order valence-corrected chi connectivity index (χ2v) is 7.73. The Bertz CT molecular complexity index is 915. The minimum Gasteiger partial charge on any atom is -0.335 e. The Morgan fingerprint density at radius 3 is 2.38 bits per heavy atom. The molecule has 8 heteroatoms. The van der Waals surface area contributed by atoms with Gasteiger partial charge in [0.2, 0.25) is 0 Å². The zero-order valence-electron chi connectivity index (χ0n) is 13.7. The van der Waals surface area contributed by atoms with Gasteiger partial charge < -0.3 is 16.0 Å². The predicted molar refractivity (Wildman–Crippen MR) is 105 cm³/mol. The summed E-state index contributed by atoms with van der Waals surface area (Å²) in [7, 11) is 0. The Morgan fingerprint density at radius 1 is 1.00 bits per heavy atom. The van der Waals surface area contributed by atoms with Crippen molar-refractivity contribution in [1.82, 2.24) is 10.3 Å². The molecule has 0 aliphatic heterocycles. The van der Waals surface area contributed by atoms with Gasteiger partial charge in [0.25, 0.3) is 5.91 Å². The van der Waals surface area contributed by atoms with Crippen molar-refractivity contribution in [2.75, 3.05) is 10.6 Å². The Hall–Kier alpha value is -2.71. The van der Waals surface area contributed by atoms with Crippen LogP contribution in [0.3, 0.4) is 0 Å². The Morgan fingerprint density at radius 2 is 1.73 bits per heavy atom. The van der Waals surface area contributed by atoms with Crippen molar-refractivity contribution in [3.63, 3.8) is 0 Å². The third-order valence-corrected chi connectivity index (χ3v) is 5.66. The molecule has 3 aromatic rings. The van der Waals surface area contributed by atoms with E-state index >= 15 is 0 Å². The molecule has 0 radical (unpaired) electrons. The minimum absolute atomic E-state index is 0.201. The first-order valence-electron chi connectivity index (χ1n) is 8.16. The number of carbonyl (C=O) groups excluding carboxylic acids is 2. The number of urea groups is 1. The van der Waals surface area contributed by atoms with Gasteiger partial charge in [-0.1, -0.05) is 6.07 Å². The van der Waals surface area contributed by atoms with Crippen molar-refractivity contribution in [2.24, 2.45) is 0 Å². The number of amides is 3. The molecule has 0 spiro atoms. The van der Waals surface area contributed by atoms with Gasteiger partial charge in [0, 0.05) is 22.8 Å². The zero-order valence-corrected chi connectivity index (χ0v) is 15.3. The van der Waals surface area contributed by atoms with Crippen LogP contribution in [0, 0.1) is 0 Å². The fourth-order valence-electron chi connectivity index (χ4n) is 2.30. The summed E-state index contributed by atoms with van der Waals surface area (Å²) in [6, 6.07) is 11.0. The average Bonchev–Trinajstić information content (AvgIpc) is 3.12. The molecule has 0 atom stereocenters. The summed E-state index contributed by atoms with van der Waals surface area (Å²) in [5.74, 6) is -0.253. The lowest BCUT2D eigenvalue weighted by Gasteiger charge is -2.08. The molecule has 0 bridgehead atoms. The monoisotopic (exact) mass is 384 g/mol. The van der Waals surface area contributed by atoms with Crippen LogP contribution in [0.15, 0.2) is 47.2 Å². The minimum atomic E-state index is -0.253. The molecule has 1 saturated carbocycles. The van der Waals surface area contributed by atoms with Crippen molar-refractivity contribution in [3.8, 4) is 9.88 Å². The topological polar surface area (TPSA) is 83.1 Å². The van der Waals surface area contributed by atoms with Crippen LogP contribution in [0.2, 0.25) is 0 Å². The van der Waals surface area contributed by atoms with Gasteiger partial charge in [-0.25, -0.2) is 9.78 Å². The van der Waals surface area contributed by atoms with Crippen molar-refractivity contribution in [1.29, 1.82) is 0 Å². The highest BCUT2D eigenvalue weighted by Gasteiger charge is 2.23. The lowest BCUT2D eigenvalue weighted by atomic mass is 10.2. The van der Waals surface area contributed by atoms with Gasteiger partial charge in [-0.3, -0.25) is 4.79 Å². The van der Waals surface area contributed by atoms with Crippen LogP contribution in [0.5, 0.6) is 0 Å². The van der Waals surface area contributed by atoms with E-state index in [9.17, 15) is 9.59 Å². The molecule has 3 amide bonds. The first-order valence-corrected chi connectivity index (χ1v) is 9.91. The van der Waals surface area contributed by atoms with Gasteiger partial charge >= 0.3 is 6.03 Å². The largest absolute Gasteiger partial charge is 0.335 e. The fraction of sp³-hybridized carbons (Fsp3) is 0.167. The highest BCUT2D eigenvalue weighted by molar-refractivity contribution is 7.20. The highest BCUT2D eigenvalue weighted by Crippen LogP contribution is 2.28. The van der Waals surface area contributed by atoms with Gasteiger partial charge in [0.05, 0.1) is 4.88 Å². The van der Waals surface area contributed by atoms with Gasteiger partial charge in [-0.05, 0) is 48.6 Å². The quantitative estimate of drug-likeness (QED) is 0.609. The summed E-state index contributed by atoms with van der Waals surface area (Å²) < 4.78 is 0. The van der Waals surface area contributed by atoms with E-state index in [0.29, 0.717) is 23.1 Å². The highest BCUT2D eigenvalue weighted by atomic mass is 32.1. The van der Waals surface area contributed by atoms with Crippen molar-refractivity contribution in [2.45, 2.75) is 18.9 Å². The van der Waals surface area contributed by atoms with E-state index in [1.807, 2.05) is 17.5 Å². The Labute approximate surface area is 158 Å². The lowest BCUT2D eigenvalue weighted by molar-refractivity contribution is 0.102. The molecular weight excluding hydrogens is 368 g/mol. The van der Waals surface area contributed by atoms with Crippen LogP contribution in [0.4, 0.5) is 16.2 Å². The maximum absolute atomic E-state index is 12.3. The van der Waals surface area contributed by atoms with E-state index in [1.54, 1.807) is 41.0 Å². The molecule has 1 fully saturated rings. The number of aromatic nitrogens is 1. The molecule has 6 nitrogen and oxygen atoms in total. The molecule has 1 aromatic carbocycles.